The molecule has 1 aromatic carbocycles. The molecule has 0 radical (unpaired) electrons. The normalized spacial score (nSPS) is 12.3. The average molecular weight is 317 g/mol. The minimum atomic E-state index is -4.73. The van der Waals surface area contributed by atoms with Gasteiger partial charge in [-0.25, -0.2) is 0 Å². The quantitative estimate of drug-likeness (QED) is 0.680. The molecule has 1 rings (SSSR count). The van der Waals surface area contributed by atoms with E-state index in [9.17, 15) is 26.3 Å². The van der Waals surface area contributed by atoms with Gasteiger partial charge in [-0.05, 0) is 18.2 Å². The van der Waals surface area contributed by atoms with Crippen molar-refractivity contribution in [2.24, 2.45) is 5.73 Å². The van der Waals surface area contributed by atoms with E-state index in [0.29, 0.717) is 6.07 Å². The molecule has 0 aliphatic carbocycles. The Labute approximate surface area is 115 Å². The number of alkyl halides is 6. The van der Waals surface area contributed by atoms with Gasteiger partial charge in [-0.1, -0.05) is 12.2 Å². The molecule has 1 aromatic rings. The van der Waals surface area contributed by atoms with Crippen molar-refractivity contribution in [1.29, 1.82) is 0 Å². The molecule has 0 fully saturated rings. The summed E-state index contributed by atoms with van der Waals surface area (Å²) in [6, 6.07) is 2.62. The van der Waals surface area contributed by atoms with Gasteiger partial charge in [0.1, 0.15) is 10.7 Å². The molecule has 0 spiro atoms. The van der Waals surface area contributed by atoms with Gasteiger partial charge in [0, 0.05) is 5.56 Å². The van der Waals surface area contributed by atoms with Gasteiger partial charge < -0.3 is 10.5 Å². The van der Waals surface area contributed by atoms with Crippen LogP contribution in [0.2, 0.25) is 0 Å². The predicted molar refractivity (Wildman–Crippen MR) is 63.5 cm³/mol. The Bertz CT molecular complexity index is 497. The fraction of sp³-hybridized carbons (Fsp3) is 0.364. The van der Waals surface area contributed by atoms with Crippen LogP contribution in [0.3, 0.4) is 0 Å². The maximum Gasteiger partial charge on any atom is 0.417 e. The molecule has 0 amide bonds. The molecule has 0 saturated carbocycles. The maximum atomic E-state index is 12.7. The van der Waals surface area contributed by atoms with Crippen LogP contribution in [0.4, 0.5) is 26.3 Å². The van der Waals surface area contributed by atoms with E-state index in [0.717, 1.165) is 12.1 Å². The van der Waals surface area contributed by atoms with E-state index in [2.05, 4.69) is 17.0 Å². The third-order valence-electron chi connectivity index (χ3n) is 2.22. The largest absolute Gasteiger partial charge is 0.493 e. The minimum Gasteiger partial charge on any atom is -0.493 e. The van der Waals surface area contributed by atoms with E-state index in [-0.39, 0.29) is 5.75 Å². The molecule has 0 aliphatic heterocycles. The molecular formula is C11H9F6NOS. The van der Waals surface area contributed by atoms with Crippen LogP contribution in [-0.4, -0.2) is 17.8 Å². The first-order valence-corrected chi connectivity index (χ1v) is 5.62. The van der Waals surface area contributed by atoms with Gasteiger partial charge in [0.25, 0.3) is 0 Å². The van der Waals surface area contributed by atoms with Crippen molar-refractivity contribution in [3.63, 3.8) is 0 Å². The van der Waals surface area contributed by atoms with Gasteiger partial charge in [-0.15, -0.1) is 0 Å². The number of halogens is 6. The molecule has 2 nitrogen and oxygen atoms in total. The molecule has 0 aliphatic rings. The SMILES string of the molecule is NC(=S)c1ccc(OCCC(F)(F)F)cc1C(F)(F)F. The summed E-state index contributed by atoms with van der Waals surface area (Å²) in [5.74, 6) is -0.332. The van der Waals surface area contributed by atoms with Gasteiger partial charge in [0.05, 0.1) is 18.6 Å². The van der Waals surface area contributed by atoms with E-state index in [4.69, 9.17) is 5.73 Å². The maximum absolute atomic E-state index is 12.7. The van der Waals surface area contributed by atoms with Crippen LogP contribution >= 0.6 is 12.2 Å². The molecule has 0 heterocycles. The van der Waals surface area contributed by atoms with E-state index >= 15 is 0 Å². The van der Waals surface area contributed by atoms with E-state index in [1.165, 1.54) is 0 Å². The Morgan fingerprint density at radius 2 is 1.75 bits per heavy atom. The van der Waals surface area contributed by atoms with Crippen molar-refractivity contribution in [3.8, 4) is 5.75 Å². The molecule has 20 heavy (non-hydrogen) atoms. The van der Waals surface area contributed by atoms with Crippen LogP contribution < -0.4 is 10.5 Å². The number of benzene rings is 1. The zero-order valence-corrected chi connectivity index (χ0v) is 10.6. The highest BCUT2D eigenvalue weighted by Crippen LogP contribution is 2.34. The van der Waals surface area contributed by atoms with Crippen molar-refractivity contribution < 1.29 is 31.1 Å². The van der Waals surface area contributed by atoms with E-state index < -0.39 is 41.5 Å². The van der Waals surface area contributed by atoms with Crippen molar-refractivity contribution in [2.45, 2.75) is 18.8 Å². The van der Waals surface area contributed by atoms with Gasteiger partial charge in [0.15, 0.2) is 0 Å². The zero-order valence-electron chi connectivity index (χ0n) is 9.81. The second-order valence-corrected chi connectivity index (χ2v) is 4.22. The number of nitrogens with two attached hydrogens (primary N) is 1. The zero-order chi connectivity index (χ0) is 15.6. The topological polar surface area (TPSA) is 35.2 Å². The lowest BCUT2D eigenvalue weighted by Crippen LogP contribution is -2.18. The third-order valence-corrected chi connectivity index (χ3v) is 2.44. The second kappa shape index (κ2) is 5.86. The summed E-state index contributed by atoms with van der Waals surface area (Å²) in [6.45, 7) is -0.771. The predicted octanol–water partition coefficient (Wildman–Crippen LogP) is 3.67. The highest BCUT2D eigenvalue weighted by atomic mass is 32.1. The smallest absolute Gasteiger partial charge is 0.417 e. The Hall–Kier alpha value is -1.51. The fourth-order valence-corrected chi connectivity index (χ4v) is 1.53. The van der Waals surface area contributed by atoms with Gasteiger partial charge in [-0.3, -0.25) is 0 Å². The number of ether oxygens (including phenoxy) is 1. The van der Waals surface area contributed by atoms with Crippen LogP contribution in [0.15, 0.2) is 18.2 Å². The molecule has 0 saturated heterocycles. The Morgan fingerprint density at radius 3 is 2.20 bits per heavy atom. The number of thiocarbonyl (C=S) groups is 1. The lowest BCUT2D eigenvalue weighted by atomic mass is 10.1. The molecule has 9 heteroatoms. The van der Waals surface area contributed by atoms with Gasteiger partial charge in [0.2, 0.25) is 0 Å². The summed E-state index contributed by atoms with van der Waals surface area (Å²) in [5.41, 5.74) is 3.61. The van der Waals surface area contributed by atoms with Crippen molar-refractivity contribution in [1.82, 2.24) is 0 Å². The van der Waals surface area contributed by atoms with Crippen molar-refractivity contribution in [3.05, 3.63) is 29.3 Å². The van der Waals surface area contributed by atoms with E-state index in [1.807, 2.05) is 0 Å². The summed E-state index contributed by atoms with van der Waals surface area (Å²) in [4.78, 5) is -0.459. The molecular weight excluding hydrogens is 308 g/mol. The standard InChI is InChI=1S/C11H9F6NOS/c12-10(13,14)3-4-19-6-1-2-7(9(18)20)8(5-6)11(15,16)17/h1-2,5H,3-4H2,(H2,18,20). The second-order valence-electron chi connectivity index (χ2n) is 3.78. The summed E-state index contributed by atoms with van der Waals surface area (Å²) in [5, 5.41) is 0. The van der Waals surface area contributed by atoms with Crippen molar-refractivity contribution >= 4 is 17.2 Å². The Kier molecular flexibility index (Phi) is 4.85. The summed E-state index contributed by atoms with van der Waals surface area (Å²) in [7, 11) is 0. The lowest BCUT2D eigenvalue weighted by molar-refractivity contribution is -0.141. The third kappa shape index (κ3) is 4.87. The summed E-state index contributed by atoms with van der Waals surface area (Å²) >= 11 is 4.49. The number of hydrogen-bond acceptors (Lipinski definition) is 2. The van der Waals surface area contributed by atoms with Crippen LogP contribution in [0, 0.1) is 0 Å². The average Bonchev–Trinajstić information content (AvgIpc) is 2.25. The molecule has 0 unspecified atom stereocenters. The Morgan fingerprint density at radius 1 is 1.15 bits per heavy atom. The Balaban J connectivity index is 2.93. The van der Waals surface area contributed by atoms with Crippen LogP contribution in [-0.2, 0) is 6.18 Å². The summed E-state index contributed by atoms with van der Waals surface area (Å²) < 4.78 is 78.6. The monoisotopic (exact) mass is 317 g/mol. The van der Waals surface area contributed by atoms with Gasteiger partial charge >= 0.3 is 12.4 Å². The molecule has 0 bridgehead atoms. The highest BCUT2D eigenvalue weighted by molar-refractivity contribution is 7.80. The first-order valence-electron chi connectivity index (χ1n) is 5.21. The molecule has 0 atom stereocenters. The first-order chi connectivity index (χ1) is 9.00. The lowest BCUT2D eigenvalue weighted by Gasteiger charge is -2.14. The minimum absolute atomic E-state index is 0.332. The highest BCUT2D eigenvalue weighted by Gasteiger charge is 2.34. The van der Waals surface area contributed by atoms with Crippen LogP contribution in [0.5, 0.6) is 5.75 Å². The number of hydrogen-bond donors (Lipinski definition) is 1. The van der Waals surface area contributed by atoms with Crippen LogP contribution in [0.1, 0.15) is 17.5 Å². The summed E-state index contributed by atoms with van der Waals surface area (Å²) in [6.07, 6.45) is -10.4. The number of rotatable bonds is 4. The molecule has 112 valence electrons. The first kappa shape index (κ1) is 16.5. The molecule has 0 aromatic heterocycles. The van der Waals surface area contributed by atoms with E-state index in [1.54, 1.807) is 0 Å². The van der Waals surface area contributed by atoms with Crippen molar-refractivity contribution in [2.75, 3.05) is 6.61 Å². The fourth-order valence-electron chi connectivity index (χ4n) is 1.35. The van der Waals surface area contributed by atoms with Crippen LogP contribution in [0.25, 0.3) is 0 Å². The van der Waals surface area contributed by atoms with Gasteiger partial charge in [-0.2, -0.15) is 26.3 Å². The molecule has 2 N–H and O–H groups in total.